The third-order valence-corrected chi connectivity index (χ3v) is 2.50. The Labute approximate surface area is 97.7 Å². The van der Waals surface area contributed by atoms with Crippen LogP contribution in [0.5, 0.6) is 0 Å². The van der Waals surface area contributed by atoms with E-state index in [1.54, 1.807) is 6.92 Å². The molecule has 0 atom stereocenters. The Morgan fingerprint density at radius 1 is 1.53 bits per heavy atom. The number of benzene rings is 1. The minimum Gasteiger partial charge on any atom is -0.466 e. The van der Waals surface area contributed by atoms with Crippen LogP contribution in [0.3, 0.4) is 0 Å². The van der Waals surface area contributed by atoms with Gasteiger partial charge in [-0.15, -0.1) is 0 Å². The van der Waals surface area contributed by atoms with E-state index in [1.165, 1.54) is 0 Å². The fraction of sp³-hybridized carbons (Fsp3) is 0.364. The number of carbonyl (C=O) groups is 1. The van der Waals surface area contributed by atoms with Gasteiger partial charge in [0.15, 0.2) is 0 Å². The SMILES string of the molecule is CCOC(=O)CCc1ccc(Br)cc1N. The molecule has 1 aromatic carbocycles. The number of nitrogen functional groups attached to an aromatic ring is 1. The van der Waals surface area contributed by atoms with Gasteiger partial charge in [0, 0.05) is 16.6 Å². The van der Waals surface area contributed by atoms with Gasteiger partial charge in [0.05, 0.1) is 6.61 Å². The van der Waals surface area contributed by atoms with Crippen molar-refractivity contribution >= 4 is 27.6 Å². The van der Waals surface area contributed by atoms with E-state index in [-0.39, 0.29) is 5.97 Å². The monoisotopic (exact) mass is 271 g/mol. The number of halogens is 1. The zero-order valence-corrected chi connectivity index (χ0v) is 10.2. The van der Waals surface area contributed by atoms with Crippen molar-refractivity contribution in [3.63, 3.8) is 0 Å². The van der Waals surface area contributed by atoms with Crippen molar-refractivity contribution in [2.45, 2.75) is 19.8 Å². The van der Waals surface area contributed by atoms with E-state index in [0.717, 1.165) is 10.0 Å². The molecule has 0 radical (unpaired) electrons. The molecule has 3 nitrogen and oxygen atoms in total. The van der Waals surface area contributed by atoms with Crippen LogP contribution in [0.15, 0.2) is 22.7 Å². The summed E-state index contributed by atoms with van der Waals surface area (Å²) in [5, 5.41) is 0. The van der Waals surface area contributed by atoms with E-state index in [9.17, 15) is 4.79 Å². The van der Waals surface area contributed by atoms with E-state index in [2.05, 4.69) is 15.9 Å². The lowest BCUT2D eigenvalue weighted by Crippen LogP contribution is -2.06. The van der Waals surface area contributed by atoms with E-state index in [4.69, 9.17) is 10.5 Å². The first-order chi connectivity index (χ1) is 7.13. The van der Waals surface area contributed by atoms with E-state index in [0.29, 0.717) is 25.1 Å². The molecule has 0 unspecified atom stereocenters. The molecular formula is C11H14BrNO2. The van der Waals surface area contributed by atoms with Crippen molar-refractivity contribution in [2.24, 2.45) is 0 Å². The number of aryl methyl sites for hydroxylation is 1. The molecule has 82 valence electrons. The Kier molecular flexibility index (Phi) is 4.62. The van der Waals surface area contributed by atoms with Crippen molar-refractivity contribution < 1.29 is 9.53 Å². The largest absolute Gasteiger partial charge is 0.466 e. The maximum atomic E-state index is 11.1. The highest BCUT2D eigenvalue weighted by atomic mass is 79.9. The van der Waals surface area contributed by atoms with E-state index >= 15 is 0 Å². The summed E-state index contributed by atoms with van der Waals surface area (Å²) in [5.74, 6) is -0.181. The zero-order valence-electron chi connectivity index (χ0n) is 8.63. The maximum absolute atomic E-state index is 11.1. The summed E-state index contributed by atoms with van der Waals surface area (Å²) in [7, 11) is 0. The second-order valence-corrected chi connectivity index (χ2v) is 4.06. The average molecular weight is 272 g/mol. The van der Waals surface area contributed by atoms with Gasteiger partial charge >= 0.3 is 5.97 Å². The third kappa shape index (κ3) is 3.91. The van der Waals surface area contributed by atoms with Crippen molar-refractivity contribution in [3.8, 4) is 0 Å². The van der Waals surface area contributed by atoms with Crippen LogP contribution in [-0.2, 0) is 16.0 Å². The van der Waals surface area contributed by atoms with Gasteiger partial charge in [-0.2, -0.15) is 0 Å². The third-order valence-electron chi connectivity index (χ3n) is 2.01. The molecule has 0 heterocycles. The number of rotatable bonds is 4. The van der Waals surface area contributed by atoms with Gasteiger partial charge in [-0.05, 0) is 31.0 Å². The molecule has 15 heavy (non-hydrogen) atoms. The number of hydrogen-bond acceptors (Lipinski definition) is 3. The number of hydrogen-bond donors (Lipinski definition) is 1. The number of ether oxygens (including phenoxy) is 1. The minimum absolute atomic E-state index is 0.181. The lowest BCUT2D eigenvalue weighted by molar-refractivity contribution is -0.143. The van der Waals surface area contributed by atoms with Crippen LogP contribution >= 0.6 is 15.9 Å². The molecule has 0 aromatic heterocycles. The molecule has 0 aliphatic carbocycles. The molecule has 0 saturated heterocycles. The van der Waals surface area contributed by atoms with Gasteiger partial charge < -0.3 is 10.5 Å². The molecule has 0 bridgehead atoms. The number of esters is 1. The highest BCUT2D eigenvalue weighted by Gasteiger charge is 2.05. The van der Waals surface area contributed by atoms with Crippen molar-refractivity contribution in [1.82, 2.24) is 0 Å². The smallest absolute Gasteiger partial charge is 0.306 e. The zero-order chi connectivity index (χ0) is 11.3. The topological polar surface area (TPSA) is 52.3 Å². The number of anilines is 1. The lowest BCUT2D eigenvalue weighted by atomic mass is 10.1. The molecular weight excluding hydrogens is 258 g/mol. The van der Waals surface area contributed by atoms with Crippen LogP contribution in [0.25, 0.3) is 0 Å². The summed E-state index contributed by atoms with van der Waals surface area (Å²) in [4.78, 5) is 11.1. The summed E-state index contributed by atoms with van der Waals surface area (Å²) in [5.41, 5.74) is 7.48. The van der Waals surface area contributed by atoms with E-state index < -0.39 is 0 Å². The molecule has 0 saturated carbocycles. The van der Waals surface area contributed by atoms with Crippen LogP contribution in [0.4, 0.5) is 5.69 Å². The highest BCUT2D eigenvalue weighted by Crippen LogP contribution is 2.19. The molecule has 0 aliphatic heterocycles. The Morgan fingerprint density at radius 3 is 2.87 bits per heavy atom. The maximum Gasteiger partial charge on any atom is 0.306 e. The average Bonchev–Trinajstić information content (AvgIpc) is 2.17. The number of nitrogens with two attached hydrogens (primary N) is 1. The van der Waals surface area contributed by atoms with Gasteiger partial charge in [-0.1, -0.05) is 22.0 Å². The lowest BCUT2D eigenvalue weighted by Gasteiger charge is -2.05. The van der Waals surface area contributed by atoms with E-state index in [1.807, 2.05) is 18.2 Å². The van der Waals surface area contributed by atoms with Crippen molar-refractivity contribution in [1.29, 1.82) is 0 Å². The minimum atomic E-state index is -0.181. The van der Waals surface area contributed by atoms with Gasteiger partial charge in [0.2, 0.25) is 0 Å². The van der Waals surface area contributed by atoms with Crippen LogP contribution in [0.2, 0.25) is 0 Å². The Balaban J connectivity index is 2.54. The van der Waals surface area contributed by atoms with Crippen LogP contribution in [-0.4, -0.2) is 12.6 Å². The molecule has 2 N–H and O–H groups in total. The number of carbonyl (C=O) groups excluding carboxylic acids is 1. The first-order valence-electron chi connectivity index (χ1n) is 4.83. The van der Waals surface area contributed by atoms with Crippen LogP contribution < -0.4 is 5.73 Å². The first kappa shape index (κ1) is 12.0. The molecule has 1 aromatic rings. The quantitative estimate of drug-likeness (QED) is 0.677. The fourth-order valence-corrected chi connectivity index (χ4v) is 1.64. The second kappa shape index (κ2) is 5.75. The van der Waals surface area contributed by atoms with Crippen molar-refractivity contribution in [2.75, 3.05) is 12.3 Å². The summed E-state index contributed by atoms with van der Waals surface area (Å²) >= 11 is 3.33. The predicted molar refractivity (Wildman–Crippen MR) is 63.5 cm³/mol. The van der Waals surface area contributed by atoms with Gasteiger partial charge in [0.1, 0.15) is 0 Å². The molecule has 4 heteroatoms. The van der Waals surface area contributed by atoms with Gasteiger partial charge in [-0.25, -0.2) is 0 Å². The summed E-state index contributed by atoms with van der Waals surface area (Å²) in [6.45, 7) is 2.22. The van der Waals surface area contributed by atoms with Crippen LogP contribution in [0.1, 0.15) is 18.9 Å². The summed E-state index contributed by atoms with van der Waals surface area (Å²) in [6.07, 6.45) is 0.998. The Hall–Kier alpha value is -1.03. The summed E-state index contributed by atoms with van der Waals surface area (Å²) < 4.78 is 5.78. The Morgan fingerprint density at radius 2 is 2.27 bits per heavy atom. The fourth-order valence-electron chi connectivity index (χ4n) is 1.26. The standard InChI is InChI=1S/C11H14BrNO2/c1-2-15-11(14)6-4-8-3-5-9(12)7-10(8)13/h3,5,7H,2,4,6,13H2,1H3. The van der Waals surface area contributed by atoms with Gasteiger partial charge in [0.25, 0.3) is 0 Å². The van der Waals surface area contributed by atoms with Crippen LogP contribution in [0, 0.1) is 0 Å². The Bertz CT molecular complexity index is 352. The van der Waals surface area contributed by atoms with Crippen molar-refractivity contribution in [3.05, 3.63) is 28.2 Å². The first-order valence-corrected chi connectivity index (χ1v) is 5.62. The second-order valence-electron chi connectivity index (χ2n) is 3.15. The molecule has 0 spiro atoms. The van der Waals surface area contributed by atoms with Gasteiger partial charge in [-0.3, -0.25) is 4.79 Å². The predicted octanol–water partition coefficient (Wildman–Crippen LogP) is 2.53. The highest BCUT2D eigenvalue weighted by molar-refractivity contribution is 9.10. The molecule has 1 rings (SSSR count). The summed E-state index contributed by atoms with van der Waals surface area (Å²) in [6, 6.07) is 5.66. The normalized spacial score (nSPS) is 10.0. The molecule has 0 aliphatic rings. The molecule has 0 fully saturated rings. The molecule has 0 amide bonds.